The smallest absolute Gasteiger partial charge is 0.220 e. The summed E-state index contributed by atoms with van der Waals surface area (Å²) >= 11 is 0. The van der Waals surface area contributed by atoms with Gasteiger partial charge in [-0.1, -0.05) is 236 Å². The van der Waals surface area contributed by atoms with Crippen LogP contribution in [0.4, 0.5) is 0 Å². The Morgan fingerprint density at radius 2 is 0.745 bits per heavy atom. The van der Waals surface area contributed by atoms with Crippen molar-refractivity contribution in [1.82, 2.24) is 5.32 Å². The Hall–Kier alpha value is -1.65. The number of carbonyl (C=O) groups is 1. The molecule has 0 aliphatic rings. The molecule has 0 aromatic rings. The molecule has 4 heteroatoms. The molecule has 0 spiro atoms. The molecule has 0 fully saturated rings. The molecule has 55 heavy (non-hydrogen) atoms. The second kappa shape index (κ2) is 46.7. The molecule has 0 bridgehead atoms. The Kier molecular flexibility index (Phi) is 45.3. The number of unbranched alkanes of at least 4 members (excludes halogenated alkanes) is 31. The van der Waals surface area contributed by atoms with Crippen molar-refractivity contribution in [3.8, 4) is 0 Å². The van der Waals surface area contributed by atoms with Crippen LogP contribution in [0.25, 0.3) is 0 Å². The lowest BCUT2D eigenvalue weighted by Gasteiger charge is -2.20. The average Bonchev–Trinajstić information content (AvgIpc) is 3.19. The van der Waals surface area contributed by atoms with Crippen molar-refractivity contribution >= 4 is 5.91 Å². The van der Waals surface area contributed by atoms with Crippen molar-refractivity contribution in [2.24, 2.45) is 0 Å². The van der Waals surface area contributed by atoms with Gasteiger partial charge in [-0.3, -0.25) is 4.79 Å². The van der Waals surface area contributed by atoms with E-state index < -0.39 is 12.1 Å². The summed E-state index contributed by atoms with van der Waals surface area (Å²) < 4.78 is 0. The van der Waals surface area contributed by atoms with Crippen molar-refractivity contribution in [1.29, 1.82) is 0 Å². The van der Waals surface area contributed by atoms with Gasteiger partial charge in [0.2, 0.25) is 5.91 Å². The van der Waals surface area contributed by atoms with Crippen LogP contribution in [0.1, 0.15) is 251 Å². The van der Waals surface area contributed by atoms with Crippen molar-refractivity contribution in [2.45, 2.75) is 264 Å². The first-order chi connectivity index (χ1) is 27.2. The fraction of sp³-hybridized carbons (Fsp3) is 0.824. The number of carbonyl (C=O) groups excluding carboxylic acids is 1. The van der Waals surface area contributed by atoms with Gasteiger partial charge in [-0.05, 0) is 57.8 Å². The van der Waals surface area contributed by atoms with E-state index in [9.17, 15) is 15.0 Å². The Bertz CT molecular complexity index is 877. The summed E-state index contributed by atoms with van der Waals surface area (Å²) in [4.78, 5) is 12.4. The van der Waals surface area contributed by atoms with Crippen LogP contribution in [-0.2, 0) is 4.79 Å². The van der Waals surface area contributed by atoms with Gasteiger partial charge >= 0.3 is 0 Å². The molecule has 0 saturated heterocycles. The van der Waals surface area contributed by atoms with E-state index in [-0.39, 0.29) is 12.5 Å². The number of allylic oxidation sites excluding steroid dienone is 7. The van der Waals surface area contributed by atoms with Crippen molar-refractivity contribution in [2.75, 3.05) is 6.61 Å². The minimum absolute atomic E-state index is 0.0757. The van der Waals surface area contributed by atoms with Crippen LogP contribution < -0.4 is 5.32 Å². The zero-order chi connectivity index (χ0) is 40.0. The van der Waals surface area contributed by atoms with E-state index in [0.717, 1.165) is 51.4 Å². The molecular formula is C51H95NO3. The highest BCUT2D eigenvalue weighted by Gasteiger charge is 2.17. The summed E-state index contributed by atoms with van der Waals surface area (Å²) in [6, 6.07) is -0.631. The Balaban J connectivity index is 3.56. The average molecular weight is 770 g/mol. The lowest BCUT2D eigenvalue weighted by atomic mass is 10.0. The molecule has 0 aliphatic carbocycles. The maximum absolute atomic E-state index is 12.4. The minimum atomic E-state index is -0.846. The number of rotatable bonds is 44. The van der Waals surface area contributed by atoms with E-state index in [1.165, 1.54) is 180 Å². The number of nitrogens with one attached hydrogen (secondary N) is 1. The maximum Gasteiger partial charge on any atom is 0.220 e. The number of amides is 1. The largest absolute Gasteiger partial charge is 0.394 e. The Morgan fingerprint density at radius 3 is 1.15 bits per heavy atom. The van der Waals surface area contributed by atoms with E-state index in [2.05, 4.69) is 55.6 Å². The molecule has 0 heterocycles. The molecule has 4 nitrogen and oxygen atoms in total. The number of aliphatic hydroxyl groups excluding tert-OH is 2. The first-order valence-corrected chi connectivity index (χ1v) is 24.4. The molecule has 2 atom stereocenters. The van der Waals surface area contributed by atoms with Crippen molar-refractivity contribution in [3.63, 3.8) is 0 Å². The molecule has 0 aliphatic heterocycles. The molecule has 322 valence electrons. The summed E-state index contributed by atoms with van der Waals surface area (Å²) in [6.45, 7) is 4.29. The summed E-state index contributed by atoms with van der Waals surface area (Å²) in [5.74, 6) is -0.0757. The van der Waals surface area contributed by atoms with E-state index in [1.54, 1.807) is 6.08 Å². The van der Waals surface area contributed by atoms with Crippen LogP contribution in [0.3, 0.4) is 0 Å². The SMILES string of the molecule is CCCCC/C=C\C/C=C\C/C=C\CCCCCCCCC(=O)NC(CO)C(O)/C=C/CCCCCCCCCCCCCCCCCCCCCCCC. The van der Waals surface area contributed by atoms with Crippen molar-refractivity contribution < 1.29 is 15.0 Å². The van der Waals surface area contributed by atoms with E-state index in [1.807, 2.05) is 6.08 Å². The van der Waals surface area contributed by atoms with Crippen LogP contribution in [0.5, 0.6) is 0 Å². The molecule has 3 N–H and O–H groups in total. The third-order valence-electron chi connectivity index (χ3n) is 11.1. The molecule has 0 radical (unpaired) electrons. The number of aliphatic hydroxyl groups is 2. The van der Waals surface area contributed by atoms with Gasteiger partial charge in [-0.2, -0.15) is 0 Å². The van der Waals surface area contributed by atoms with E-state index in [0.29, 0.717) is 6.42 Å². The zero-order valence-electron chi connectivity index (χ0n) is 36.9. The normalized spacial score (nSPS) is 13.3. The van der Waals surface area contributed by atoms with Gasteiger partial charge in [-0.25, -0.2) is 0 Å². The van der Waals surface area contributed by atoms with Gasteiger partial charge < -0.3 is 15.5 Å². The highest BCUT2D eigenvalue weighted by molar-refractivity contribution is 5.76. The van der Waals surface area contributed by atoms with Gasteiger partial charge in [-0.15, -0.1) is 0 Å². The highest BCUT2D eigenvalue weighted by Crippen LogP contribution is 2.16. The third kappa shape index (κ3) is 43.3. The van der Waals surface area contributed by atoms with Gasteiger partial charge in [0.15, 0.2) is 0 Å². The van der Waals surface area contributed by atoms with Crippen LogP contribution in [0.15, 0.2) is 48.6 Å². The van der Waals surface area contributed by atoms with Gasteiger partial charge in [0.1, 0.15) is 0 Å². The maximum atomic E-state index is 12.4. The molecule has 1 amide bonds. The van der Waals surface area contributed by atoms with Crippen LogP contribution >= 0.6 is 0 Å². The lowest BCUT2D eigenvalue weighted by Crippen LogP contribution is -2.45. The minimum Gasteiger partial charge on any atom is -0.394 e. The summed E-state index contributed by atoms with van der Waals surface area (Å²) in [6.07, 6.45) is 63.8. The second-order valence-electron chi connectivity index (χ2n) is 16.5. The van der Waals surface area contributed by atoms with E-state index in [4.69, 9.17) is 0 Å². The molecule has 0 aromatic heterocycles. The van der Waals surface area contributed by atoms with Gasteiger partial charge in [0, 0.05) is 6.42 Å². The quantitative estimate of drug-likeness (QED) is 0.0427. The Labute approximate surface area is 344 Å². The summed E-state index contributed by atoms with van der Waals surface area (Å²) in [5, 5.41) is 23.1. The number of hydrogen-bond donors (Lipinski definition) is 3. The van der Waals surface area contributed by atoms with Gasteiger partial charge in [0.25, 0.3) is 0 Å². The highest BCUT2D eigenvalue weighted by atomic mass is 16.3. The first-order valence-electron chi connectivity index (χ1n) is 24.4. The standard InChI is InChI=1S/C51H95NO3/c1-3-5-7-9-11-13-15-17-19-21-23-24-25-26-27-29-30-32-34-36-38-40-42-44-46-50(54)49(48-53)52-51(55)47-45-43-41-39-37-35-33-31-28-22-20-18-16-14-12-10-8-6-4-2/h12,14,18,20,28,31,44,46,49-50,53-54H,3-11,13,15-17,19,21-27,29-30,32-43,45,47-48H2,1-2H3,(H,52,55)/b14-12-,20-18-,31-28-,46-44+. The second-order valence-corrected chi connectivity index (χ2v) is 16.5. The fourth-order valence-corrected chi connectivity index (χ4v) is 7.30. The third-order valence-corrected chi connectivity index (χ3v) is 11.1. The van der Waals surface area contributed by atoms with E-state index >= 15 is 0 Å². The molecule has 2 unspecified atom stereocenters. The van der Waals surface area contributed by atoms with Gasteiger partial charge in [0.05, 0.1) is 18.8 Å². The molecule has 0 saturated carbocycles. The number of hydrogen-bond acceptors (Lipinski definition) is 3. The Morgan fingerprint density at radius 1 is 0.436 bits per heavy atom. The lowest BCUT2D eigenvalue weighted by molar-refractivity contribution is -0.123. The van der Waals surface area contributed by atoms with Crippen LogP contribution in [-0.4, -0.2) is 34.9 Å². The summed E-state index contributed by atoms with van der Waals surface area (Å²) in [5.41, 5.74) is 0. The molecule has 0 rings (SSSR count). The zero-order valence-corrected chi connectivity index (χ0v) is 36.9. The van der Waals surface area contributed by atoms with Crippen LogP contribution in [0, 0.1) is 0 Å². The molecule has 0 aromatic carbocycles. The predicted octanol–water partition coefficient (Wildman–Crippen LogP) is 15.5. The summed E-state index contributed by atoms with van der Waals surface area (Å²) in [7, 11) is 0. The van der Waals surface area contributed by atoms with Crippen LogP contribution in [0.2, 0.25) is 0 Å². The monoisotopic (exact) mass is 770 g/mol. The van der Waals surface area contributed by atoms with Crippen molar-refractivity contribution in [3.05, 3.63) is 48.6 Å². The topological polar surface area (TPSA) is 69.6 Å². The predicted molar refractivity (Wildman–Crippen MR) is 244 cm³/mol. The molecular weight excluding hydrogens is 675 g/mol. The first kappa shape index (κ1) is 53.4. The fourth-order valence-electron chi connectivity index (χ4n) is 7.30.